The van der Waals surface area contributed by atoms with Crippen LogP contribution in [0.4, 0.5) is 4.39 Å². The fourth-order valence-corrected chi connectivity index (χ4v) is 6.16. The predicted octanol–water partition coefficient (Wildman–Crippen LogP) is 8.83. The highest BCUT2D eigenvalue weighted by molar-refractivity contribution is 5.84. The van der Waals surface area contributed by atoms with Crippen molar-refractivity contribution in [3.63, 3.8) is 0 Å². The van der Waals surface area contributed by atoms with Gasteiger partial charge in [0.25, 0.3) is 0 Å². The molecule has 0 aliphatic heterocycles. The molecule has 0 bridgehead atoms. The SMILES string of the molecule is C=CCCc1ccc2cc(CCC3CCC(C4CCC(C=C)CC4)CC3)ccc2c1F. The zero-order valence-corrected chi connectivity index (χ0v) is 19.1. The lowest BCUT2D eigenvalue weighted by molar-refractivity contribution is 0.153. The van der Waals surface area contributed by atoms with Gasteiger partial charge in [0.1, 0.15) is 5.82 Å². The zero-order valence-electron chi connectivity index (χ0n) is 19.1. The lowest BCUT2D eigenvalue weighted by atomic mass is 9.68. The van der Waals surface area contributed by atoms with Gasteiger partial charge >= 0.3 is 0 Å². The molecule has 166 valence electrons. The Labute approximate surface area is 188 Å². The van der Waals surface area contributed by atoms with E-state index in [2.05, 4.69) is 37.4 Å². The Morgan fingerprint density at radius 1 is 0.839 bits per heavy atom. The monoisotopic (exact) mass is 418 g/mol. The van der Waals surface area contributed by atoms with Gasteiger partial charge in [-0.1, -0.05) is 55.3 Å². The van der Waals surface area contributed by atoms with Gasteiger partial charge in [-0.2, -0.15) is 0 Å². The van der Waals surface area contributed by atoms with Crippen LogP contribution < -0.4 is 0 Å². The van der Waals surface area contributed by atoms with E-state index in [-0.39, 0.29) is 5.82 Å². The Bertz CT molecular complexity index is 879. The third-order valence-corrected chi connectivity index (χ3v) is 8.27. The van der Waals surface area contributed by atoms with Gasteiger partial charge in [0.2, 0.25) is 0 Å². The number of halogens is 1. The van der Waals surface area contributed by atoms with Crippen LogP contribution in [0.1, 0.15) is 75.3 Å². The second-order valence-electron chi connectivity index (χ2n) is 10.2. The van der Waals surface area contributed by atoms with Crippen LogP contribution in [-0.2, 0) is 12.8 Å². The Balaban J connectivity index is 1.28. The van der Waals surface area contributed by atoms with Gasteiger partial charge in [-0.25, -0.2) is 4.39 Å². The second kappa shape index (κ2) is 10.6. The molecule has 2 aromatic rings. The van der Waals surface area contributed by atoms with Crippen LogP contribution in [-0.4, -0.2) is 0 Å². The molecule has 31 heavy (non-hydrogen) atoms. The lowest BCUT2D eigenvalue weighted by Gasteiger charge is -2.37. The van der Waals surface area contributed by atoms with E-state index in [1.54, 1.807) is 0 Å². The minimum absolute atomic E-state index is 0.0497. The van der Waals surface area contributed by atoms with Crippen LogP contribution in [0.15, 0.2) is 55.6 Å². The summed E-state index contributed by atoms with van der Waals surface area (Å²) in [6.07, 6.45) is 19.2. The molecule has 0 aromatic heterocycles. The first-order valence-corrected chi connectivity index (χ1v) is 12.6. The molecule has 0 spiro atoms. The molecule has 4 rings (SSSR count). The quantitative estimate of drug-likeness (QED) is 0.376. The van der Waals surface area contributed by atoms with Crippen molar-refractivity contribution in [2.24, 2.45) is 23.7 Å². The molecule has 0 saturated heterocycles. The standard InChI is InChI=1S/C30H39F/c1-3-5-6-27-18-19-28-21-24(13-20-29(28)30(27)31)8-7-23-11-16-26(17-12-23)25-14-9-22(4-2)10-15-25/h3-4,13,18-23,25-26H,1-2,5-12,14-17H2. The van der Waals surface area contributed by atoms with E-state index >= 15 is 0 Å². The van der Waals surface area contributed by atoms with E-state index in [9.17, 15) is 4.39 Å². The van der Waals surface area contributed by atoms with E-state index in [1.807, 2.05) is 18.2 Å². The van der Waals surface area contributed by atoms with Crippen molar-refractivity contribution < 1.29 is 4.39 Å². The molecule has 0 unspecified atom stereocenters. The van der Waals surface area contributed by atoms with E-state index in [1.165, 1.54) is 63.4 Å². The highest BCUT2D eigenvalue weighted by atomic mass is 19.1. The fourth-order valence-electron chi connectivity index (χ4n) is 6.16. The van der Waals surface area contributed by atoms with E-state index in [0.29, 0.717) is 0 Å². The van der Waals surface area contributed by atoms with Crippen LogP contribution in [0.2, 0.25) is 0 Å². The van der Waals surface area contributed by atoms with Gasteiger partial charge in [-0.3, -0.25) is 0 Å². The van der Waals surface area contributed by atoms with Crippen molar-refractivity contribution in [2.75, 3.05) is 0 Å². The molecule has 1 heteroatoms. The van der Waals surface area contributed by atoms with Gasteiger partial charge in [-0.05, 0) is 104 Å². The lowest BCUT2D eigenvalue weighted by Crippen LogP contribution is -2.25. The third kappa shape index (κ3) is 5.48. The third-order valence-electron chi connectivity index (χ3n) is 8.27. The van der Waals surface area contributed by atoms with Gasteiger partial charge < -0.3 is 0 Å². The minimum atomic E-state index is -0.0497. The number of fused-ring (bicyclic) bond motifs is 1. The Hall–Kier alpha value is -1.89. The first-order chi connectivity index (χ1) is 15.2. The molecule has 2 aliphatic rings. The summed E-state index contributed by atoms with van der Waals surface area (Å²) in [6, 6.07) is 10.4. The van der Waals surface area contributed by atoms with Crippen molar-refractivity contribution in [3.8, 4) is 0 Å². The van der Waals surface area contributed by atoms with Crippen molar-refractivity contribution in [1.29, 1.82) is 0 Å². The fraction of sp³-hybridized carbons (Fsp3) is 0.533. The van der Waals surface area contributed by atoms with E-state index < -0.39 is 0 Å². The average molecular weight is 419 g/mol. The summed E-state index contributed by atoms with van der Waals surface area (Å²) in [6.45, 7) is 7.74. The molecule has 0 nitrogen and oxygen atoms in total. The van der Waals surface area contributed by atoms with Gasteiger partial charge in [0, 0.05) is 5.39 Å². The largest absolute Gasteiger partial charge is 0.206 e. The average Bonchev–Trinajstić information content (AvgIpc) is 2.83. The highest BCUT2D eigenvalue weighted by Gasteiger charge is 2.30. The summed E-state index contributed by atoms with van der Waals surface area (Å²) >= 11 is 0. The molecular formula is C30H39F. The van der Waals surface area contributed by atoms with Gasteiger partial charge in [-0.15, -0.1) is 13.2 Å². The molecule has 0 atom stereocenters. The van der Waals surface area contributed by atoms with Crippen molar-refractivity contribution in [2.45, 2.75) is 77.0 Å². The number of aryl methyl sites for hydroxylation is 2. The maximum atomic E-state index is 14.8. The molecule has 2 fully saturated rings. The predicted molar refractivity (Wildman–Crippen MR) is 132 cm³/mol. The van der Waals surface area contributed by atoms with Crippen molar-refractivity contribution >= 4 is 10.8 Å². The summed E-state index contributed by atoms with van der Waals surface area (Å²) in [4.78, 5) is 0. The van der Waals surface area contributed by atoms with Crippen LogP contribution in [0.5, 0.6) is 0 Å². The number of rotatable bonds is 8. The molecule has 0 radical (unpaired) electrons. The van der Waals surface area contributed by atoms with Crippen molar-refractivity contribution in [1.82, 2.24) is 0 Å². The first-order valence-electron chi connectivity index (χ1n) is 12.6. The summed E-state index contributed by atoms with van der Waals surface area (Å²) in [5.41, 5.74) is 2.16. The summed E-state index contributed by atoms with van der Waals surface area (Å²) in [5, 5.41) is 1.80. The smallest absolute Gasteiger partial charge is 0.134 e. The number of benzene rings is 2. The highest BCUT2D eigenvalue weighted by Crippen LogP contribution is 2.42. The first kappa shape index (κ1) is 22.3. The molecule has 0 heterocycles. The van der Waals surface area contributed by atoms with E-state index in [0.717, 1.165) is 59.3 Å². The number of allylic oxidation sites excluding steroid dienone is 2. The maximum Gasteiger partial charge on any atom is 0.134 e. The van der Waals surface area contributed by atoms with Crippen molar-refractivity contribution in [3.05, 3.63) is 72.6 Å². The van der Waals surface area contributed by atoms with E-state index in [4.69, 9.17) is 0 Å². The molecule has 2 saturated carbocycles. The zero-order chi connectivity index (χ0) is 21.6. The van der Waals surface area contributed by atoms with Crippen LogP contribution >= 0.6 is 0 Å². The maximum absolute atomic E-state index is 14.8. The Morgan fingerprint density at radius 3 is 2.23 bits per heavy atom. The normalized spacial score (nSPS) is 26.6. The number of hydrogen-bond donors (Lipinski definition) is 0. The minimum Gasteiger partial charge on any atom is -0.206 e. The van der Waals surface area contributed by atoms with Crippen LogP contribution in [0.3, 0.4) is 0 Å². The molecule has 2 aromatic carbocycles. The Morgan fingerprint density at radius 2 is 1.55 bits per heavy atom. The topological polar surface area (TPSA) is 0 Å². The second-order valence-corrected chi connectivity index (χ2v) is 10.2. The number of hydrogen-bond acceptors (Lipinski definition) is 0. The summed E-state index contributed by atoms with van der Waals surface area (Å²) < 4.78 is 14.8. The van der Waals surface area contributed by atoms with Crippen LogP contribution in [0, 0.1) is 29.5 Å². The molecule has 0 N–H and O–H groups in total. The summed E-state index contributed by atoms with van der Waals surface area (Å²) in [7, 11) is 0. The van der Waals surface area contributed by atoms with Gasteiger partial charge in [0.15, 0.2) is 0 Å². The molecule has 0 amide bonds. The van der Waals surface area contributed by atoms with Gasteiger partial charge in [0.05, 0.1) is 0 Å². The Kier molecular flexibility index (Phi) is 7.64. The summed E-state index contributed by atoms with van der Waals surface area (Å²) in [5.74, 6) is 3.55. The van der Waals surface area contributed by atoms with Crippen LogP contribution in [0.25, 0.3) is 10.8 Å². The molecule has 2 aliphatic carbocycles. The molecular weight excluding hydrogens is 379 g/mol.